The van der Waals surface area contributed by atoms with Gasteiger partial charge in [-0.1, -0.05) is 23.7 Å². The van der Waals surface area contributed by atoms with E-state index in [-0.39, 0.29) is 11.3 Å². The number of nitriles is 1. The minimum atomic E-state index is -1.05. The zero-order valence-corrected chi connectivity index (χ0v) is 13.5. The third-order valence-electron chi connectivity index (χ3n) is 3.19. The Labute approximate surface area is 143 Å². The van der Waals surface area contributed by atoms with E-state index in [0.29, 0.717) is 16.3 Å². The largest absolute Gasteiger partial charge is 0.449 e. The van der Waals surface area contributed by atoms with Crippen molar-refractivity contribution in [2.75, 3.05) is 11.1 Å². The van der Waals surface area contributed by atoms with Crippen LogP contribution in [0.1, 0.15) is 22.8 Å². The lowest BCUT2D eigenvalue weighted by Gasteiger charge is -2.14. The number of carbonyl (C=O) groups excluding carboxylic acids is 2. The quantitative estimate of drug-likeness (QED) is 0.655. The Kier molecular flexibility index (Phi) is 5.40. The standard InChI is InChI=1S/C17H14ClN3O3/c1-10(16(22)21-15-5-3-2-4-12(15)9-19)24-17(23)11-6-7-13(18)14(20)8-11/h2-8,10H,20H2,1H3,(H,21,22)/t10-/m1/s1. The molecule has 1 amide bonds. The third kappa shape index (κ3) is 4.03. The average Bonchev–Trinajstić information content (AvgIpc) is 2.57. The summed E-state index contributed by atoms with van der Waals surface area (Å²) in [5.41, 5.74) is 6.73. The number of rotatable bonds is 4. The highest BCUT2D eigenvalue weighted by molar-refractivity contribution is 6.33. The molecule has 0 bridgehead atoms. The van der Waals surface area contributed by atoms with Gasteiger partial charge in [-0.05, 0) is 37.3 Å². The Morgan fingerprint density at radius 2 is 2.00 bits per heavy atom. The van der Waals surface area contributed by atoms with Crippen molar-refractivity contribution >= 4 is 34.9 Å². The molecule has 2 aromatic rings. The zero-order valence-electron chi connectivity index (χ0n) is 12.7. The fourth-order valence-electron chi connectivity index (χ4n) is 1.88. The first-order chi connectivity index (χ1) is 11.4. The summed E-state index contributed by atoms with van der Waals surface area (Å²) in [5.74, 6) is -1.25. The number of esters is 1. The third-order valence-corrected chi connectivity index (χ3v) is 3.53. The molecule has 0 radical (unpaired) electrons. The van der Waals surface area contributed by atoms with E-state index in [1.165, 1.54) is 25.1 Å². The van der Waals surface area contributed by atoms with Gasteiger partial charge in [-0.25, -0.2) is 4.79 Å². The normalized spacial score (nSPS) is 11.2. The molecular weight excluding hydrogens is 330 g/mol. The van der Waals surface area contributed by atoms with Crippen LogP contribution in [-0.2, 0) is 9.53 Å². The van der Waals surface area contributed by atoms with E-state index in [2.05, 4.69) is 5.32 Å². The second-order valence-corrected chi connectivity index (χ2v) is 5.34. The van der Waals surface area contributed by atoms with Gasteiger partial charge >= 0.3 is 5.97 Å². The van der Waals surface area contributed by atoms with Gasteiger partial charge in [0.15, 0.2) is 6.10 Å². The lowest BCUT2D eigenvalue weighted by molar-refractivity contribution is -0.123. The van der Waals surface area contributed by atoms with Crippen LogP contribution in [0.4, 0.5) is 11.4 Å². The van der Waals surface area contributed by atoms with Gasteiger partial charge in [-0.15, -0.1) is 0 Å². The molecule has 0 saturated carbocycles. The van der Waals surface area contributed by atoms with E-state index in [1.807, 2.05) is 6.07 Å². The van der Waals surface area contributed by atoms with Crippen molar-refractivity contribution in [3.8, 4) is 6.07 Å². The van der Waals surface area contributed by atoms with Crippen molar-refractivity contribution in [1.29, 1.82) is 5.26 Å². The summed E-state index contributed by atoms with van der Waals surface area (Å²) in [6.07, 6.45) is -1.05. The number of halogens is 1. The highest BCUT2D eigenvalue weighted by atomic mass is 35.5. The number of anilines is 2. The number of nitrogens with one attached hydrogen (secondary N) is 1. The number of ether oxygens (including phenoxy) is 1. The van der Waals surface area contributed by atoms with Crippen molar-refractivity contribution in [3.63, 3.8) is 0 Å². The maximum absolute atomic E-state index is 12.1. The van der Waals surface area contributed by atoms with Crippen molar-refractivity contribution < 1.29 is 14.3 Å². The summed E-state index contributed by atoms with van der Waals surface area (Å²) in [6.45, 7) is 1.43. The first-order valence-electron chi connectivity index (χ1n) is 6.98. The topological polar surface area (TPSA) is 105 Å². The number of nitrogen functional groups attached to an aromatic ring is 1. The summed E-state index contributed by atoms with van der Waals surface area (Å²) in [5, 5.41) is 11.9. The Bertz CT molecular complexity index is 830. The first-order valence-corrected chi connectivity index (χ1v) is 7.36. The van der Waals surface area contributed by atoms with Crippen LogP contribution in [0.2, 0.25) is 5.02 Å². The number of para-hydroxylation sites is 1. The highest BCUT2D eigenvalue weighted by Crippen LogP contribution is 2.20. The molecule has 7 heteroatoms. The molecule has 0 aliphatic heterocycles. The number of nitrogens with zero attached hydrogens (tertiary/aromatic N) is 1. The molecule has 2 rings (SSSR count). The number of hydrogen-bond donors (Lipinski definition) is 2. The van der Waals surface area contributed by atoms with E-state index in [1.54, 1.807) is 24.3 Å². The van der Waals surface area contributed by atoms with Gasteiger partial charge in [0.05, 0.1) is 27.5 Å². The van der Waals surface area contributed by atoms with Crippen LogP contribution in [0.25, 0.3) is 0 Å². The molecule has 0 aliphatic carbocycles. The van der Waals surface area contributed by atoms with Crippen LogP contribution >= 0.6 is 11.6 Å². The highest BCUT2D eigenvalue weighted by Gasteiger charge is 2.20. The number of nitrogens with two attached hydrogens (primary N) is 1. The van der Waals surface area contributed by atoms with E-state index in [4.69, 9.17) is 27.3 Å². The van der Waals surface area contributed by atoms with E-state index in [9.17, 15) is 9.59 Å². The van der Waals surface area contributed by atoms with Crippen LogP contribution in [-0.4, -0.2) is 18.0 Å². The second kappa shape index (κ2) is 7.49. The van der Waals surface area contributed by atoms with Crippen LogP contribution in [0.5, 0.6) is 0 Å². The zero-order chi connectivity index (χ0) is 17.7. The molecule has 0 spiro atoms. The Balaban J connectivity index is 2.04. The molecule has 0 aromatic heterocycles. The lowest BCUT2D eigenvalue weighted by atomic mass is 10.2. The average molecular weight is 344 g/mol. The van der Waals surface area contributed by atoms with Gasteiger partial charge < -0.3 is 15.8 Å². The molecule has 2 aromatic carbocycles. The summed E-state index contributed by atoms with van der Waals surface area (Å²) < 4.78 is 5.11. The molecule has 1 atom stereocenters. The maximum Gasteiger partial charge on any atom is 0.338 e. The van der Waals surface area contributed by atoms with Crippen LogP contribution in [0.15, 0.2) is 42.5 Å². The smallest absolute Gasteiger partial charge is 0.338 e. The fourth-order valence-corrected chi connectivity index (χ4v) is 1.99. The van der Waals surface area contributed by atoms with Gasteiger partial charge in [0.2, 0.25) is 0 Å². The number of hydrogen-bond acceptors (Lipinski definition) is 5. The Morgan fingerprint density at radius 3 is 2.67 bits per heavy atom. The maximum atomic E-state index is 12.1. The van der Waals surface area contributed by atoms with Crippen LogP contribution < -0.4 is 11.1 Å². The number of benzene rings is 2. The molecule has 24 heavy (non-hydrogen) atoms. The SMILES string of the molecule is C[C@@H](OC(=O)c1ccc(Cl)c(N)c1)C(=O)Nc1ccccc1C#N. The molecule has 0 aliphatic rings. The molecular formula is C17H14ClN3O3. The lowest BCUT2D eigenvalue weighted by Crippen LogP contribution is -2.30. The minimum Gasteiger partial charge on any atom is -0.449 e. The molecule has 0 saturated heterocycles. The molecule has 3 N–H and O–H groups in total. The van der Waals surface area contributed by atoms with E-state index in [0.717, 1.165) is 0 Å². The number of amides is 1. The molecule has 0 heterocycles. The van der Waals surface area contributed by atoms with E-state index < -0.39 is 18.0 Å². The second-order valence-electron chi connectivity index (χ2n) is 4.93. The van der Waals surface area contributed by atoms with Crippen molar-refractivity contribution in [3.05, 3.63) is 58.6 Å². The monoisotopic (exact) mass is 343 g/mol. The Hall–Kier alpha value is -3.04. The molecule has 6 nitrogen and oxygen atoms in total. The first kappa shape index (κ1) is 17.3. The summed E-state index contributed by atoms with van der Waals surface area (Å²) in [7, 11) is 0. The van der Waals surface area contributed by atoms with Crippen molar-refractivity contribution in [2.24, 2.45) is 0 Å². The molecule has 0 fully saturated rings. The van der Waals surface area contributed by atoms with Gasteiger partial charge in [-0.3, -0.25) is 4.79 Å². The molecule has 122 valence electrons. The van der Waals surface area contributed by atoms with Gasteiger partial charge in [0.25, 0.3) is 5.91 Å². The van der Waals surface area contributed by atoms with Gasteiger partial charge in [-0.2, -0.15) is 5.26 Å². The van der Waals surface area contributed by atoms with Crippen LogP contribution in [0, 0.1) is 11.3 Å². The summed E-state index contributed by atoms with van der Waals surface area (Å²) >= 11 is 5.79. The van der Waals surface area contributed by atoms with Crippen molar-refractivity contribution in [2.45, 2.75) is 13.0 Å². The Morgan fingerprint density at radius 1 is 1.29 bits per heavy atom. The van der Waals surface area contributed by atoms with Crippen LogP contribution in [0.3, 0.4) is 0 Å². The predicted molar refractivity (Wildman–Crippen MR) is 90.5 cm³/mol. The summed E-state index contributed by atoms with van der Waals surface area (Å²) in [6, 6.07) is 12.8. The van der Waals surface area contributed by atoms with Gasteiger partial charge in [0, 0.05) is 0 Å². The number of carbonyl (C=O) groups is 2. The summed E-state index contributed by atoms with van der Waals surface area (Å²) in [4.78, 5) is 24.2. The predicted octanol–water partition coefficient (Wildman–Crippen LogP) is 2.98. The minimum absolute atomic E-state index is 0.189. The fraction of sp³-hybridized carbons (Fsp3) is 0.118. The van der Waals surface area contributed by atoms with Crippen molar-refractivity contribution in [1.82, 2.24) is 0 Å². The van der Waals surface area contributed by atoms with E-state index >= 15 is 0 Å². The van der Waals surface area contributed by atoms with Gasteiger partial charge in [0.1, 0.15) is 6.07 Å². The molecule has 0 unspecified atom stereocenters.